The lowest BCUT2D eigenvalue weighted by molar-refractivity contribution is 0.217. The zero-order chi connectivity index (χ0) is 11.0. The van der Waals surface area contributed by atoms with Crippen LogP contribution >= 0.6 is 7.60 Å². The summed E-state index contributed by atoms with van der Waals surface area (Å²) in [6.07, 6.45) is 0. The van der Waals surface area contributed by atoms with Gasteiger partial charge in [0.15, 0.2) is 0 Å². The first-order valence-electron chi connectivity index (χ1n) is 4.79. The molecule has 0 atom stereocenters. The Morgan fingerprint density at radius 1 is 1.14 bits per heavy atom. The minimum atomic E-state index is -3.09. The van der Waals surface area contributed by atoms with Crippen molar-refractivity contribution < 1.29 is 18.3 Å². The molecule has 5 heteroatoms. The molecule has 0 fully saturated rings. The van der Waals surface area contributed by atoms with Crippen LogP contribution in [0.2, 0.25) is 0 Å². The van der Waals surface area contributed by atoms with Gasteiger partial charge < -0.3 is 13.8 Å². The van der Waals surface area contributed by atoms with E-state index in [4.69, 9.17) is 13.8 Å². The first-order chi connectivity index (χ1) is 6.58. The van der Waals surface area contributed by atoms with Crippen molar-refractivity contribution in [3.8, 4) is 0 Å². The largest absolute Gasteiger partial charge is 0.498 e. The summed E-state index contributed by atoms with van der Waals surface area (Å²) in [5.74, 6) is 1.99. The monoisotopic (exact) mass is 222 g/mol. The van der Waals surface area contributed by atoms with Gasteiger partial charge in [-0.05, 0) is 27.7 Å². The van der Waals surface area contributed by atoms with Crippen molar-refractivity contribution in [3.63, 3.8) is 0 Å². The molecule has 0 aromatic carbocycles. The van der Waals surface area contributed by atoms with Crippen LogP contribution in [0.25, 0.3) is 0 Å². The molecule has 0 unspecified atom stereocenters. The molecule has 0 saturated heterocycles. The average Bonchev–Trinajstić information content (AvgIpc) is 2.04. The fourth-order valence-electron chi connectivity index (χ4n) is 0.959. The van der Waals surface area contributed by atoms with E-state index in [9.17, 15) is 4.57 Å². The molecule has 0 aliphatic heterocycles. The fraction of sp³-hybridized carbons (Fsp3) is 0.778. The lowest BCUT2D eigenvalue weighted by Crippen LogP contribution is -1.95. The summed E-state index contributed by atoms with van der Waals surface area (Å²) in [7, 11) is -3.09. The van der Waals surface area contributed by atoms with Gasteiger partial charge in [-0.25, -0.2) is 0 Å². The first kappa shape index (κ1) is 13.7. The molecule has 0 rings (SSSR count). The van der Waals surface area contributed by atoms with Gasteiger partial charge in [0.25, 0.3) is 0 Å². The molecule has 0 aromatic rings. The highest BCUT2D eigenvalue weighted by molar-refractivity contribution is 7.57. The van der Waals surface area contributed by atoms with Crippen molar-refractivity contribution in [2.45, 2.75) is 27.7 Å². The van der Waals surface area contributed by atoms with Crippen LogP contribution < -0.4 is 0 Å². The highest BCUT2D eigenvalue weighted by Gasteiger charge is 2.20. The maximum Gasteiger partial charge on any atom is 0.357 e. The van der Waals surface area contributed by atoms with Gasteiger partial charge in [0.2, 0.25) is 0 Å². The summed E-state index contributed by atoms with van der Waals surface area (Å²) in [6.45, 7) is 8.39. The molecule has 0 radical (unpaired) electrons. The van der Waals surface area contributed by atoms with E-state index >= 15 is 0 Å². The molecule has 0 N–H and O–H groups in total. The van der Waals surface area contributed by atoms with Crippen molar-refractivity contribution in [1.82, 2.24) is 0 Å². The van der Waals surface area contributed by atoms with Crippen LogP contribution in [0, 0.1) is 0 Å². The second kappa shape index (κ2) is 7.04. The van der Waals surface area contributed by atoms with E-state index in [2.05, 4.69) is 0 Å². The second-order valence-electron chi connectivity index (χ2n) is 2.55. The summed E-state index contributed by atoms with van der Waals surface area (Å²) in [4.78, 5) is 0. The second-order valence-corrected chi connectivity index (χ2v) is 4.40. The molecule has 14 heavy (non-hydrogen) atoms. The zero-order valence-corrected chi connectivity index (χ0v) is 10.2. The average molecular weight is 222 g/mol. The summed E-state index contributed by atoms with van der Waals surface area (Å²) in [5.41, 5.74) is 0. The Hall–Kier alpha value is -0.310. The molecule has 0 aromatic heterocycles. The molecule has 0 aliphatic carbocycles. The van der Waals surface area contributed by atoms with E-state index in [-0.39, 0.29) is 0 Å². The Balaban J connectivity index is 4.48. The van der Waals surface area contributed by atoms with E-state index in [0.29, 0.717) is 25.6 Å². The molecule has 84 valence electrons. The predicted octanol–water partition coefficient (Wildman–Crippen LogP) is 3.15. The maximum atomic E-state index is 11.9. The Bertz CT molecular complexity index is 215. The van der Waals surface area contributed by atoms with Gasteiger partial charge >= 0.3 is 7.60 Å². The highest BCUT2D eigenvalue weighted by Crippen LogP contribution is 2.50. The van der Waals surface area contributed by atoms with Gasteiger partial charge in [-0.1, -0.05) is 0 Å². The minimum absolute atomic E-state index is 0.354. The minimum Gasteiger partial charge on any atom is -0.498 e. The fourth-order valence-corrected chi connectivity index (χ4v) is 2.42. The Morgan fingerprint density at radius 2 is 1.64 bits per heavy atom. The van der Waals surface area contributed by atoms with Crippen LogP contribution in [-0.4, -0.2) is 19.8 Å². The van der Waals surface area contributed by atoms with Crippen molar-refractivity contribution in [2.75, 3.05) is 19.8 Å². The standard InChI is InChI=1S/C9H19O4P/c1-5-11-9(4)8-14(10,12-6-2)13-7-3/h8H,5-7H2,1-4H3/b9-8+. The summed E-state index contributed by atoms with van der Waals surface area (Å²) in [6, 6.07) is 0. The van der Waals surface area contributed by atoms with Gasteiger partial charge in [-0.15, -0.1) is 0 Å². The van der Waals surface area contributed by atoms with E-state index in [0.717, 1.165) is 0 Å². The highest BCUT2D eigenvalue weighted by atomic mass is 31.2. The van der Waals surface area contributed by atoms with Gasteiger partial charge in [-0.3, -0.25) is 4.57 Å². The van der Waals surface area contributed by atoms with Crippen molar-refractivity contribution >= 4 is 7.60 Å². The van der Waals surface area contributed by atoms with Crippen LogP contribution in [0.1, 0.15) is 27.7 Å². The van der Waals surface area contributed by atoms with Gasteiger partial charge in [-0.2, -0.15) is 0 Å². The van der Waals surface area contributed by atoms with Crippen molar-refractivity contribution in [3.05, 3.63) is 11.6 Å². The molecule has 4 nitrogen and oxygen atoms in total. The number of allylic oxidation sites excluding steroid dienone is 1. The Kier molecular flexibility index (Phi) is 6.89. The molecular formula is C9H19O4P. The smallest absolute Gasteiger partial charge is 0.357 e. The van der Waals surface area contributed by atoms with Crippen LogP contribution in [-0.2, 0) is 18.3 Å². The summed E-state index contributed by atoms with van der Waals surface area (Å²) >= 11 is 0. The van der Waals surface area contributed by atoms with Gasteiger partial charge in [0.05, 0.1) is 25.6 Å². The Labute approximate surface area is 85.8 Å². The third-order valence-corrected chi connectivity index (χ3v) is 3.25. The molecular weight excluding hydrogens is 203 g/mol. The SMILES string of the molecule is CCO/C(C)=C/P(=O)(OCC)OCC. The third kappa shape index (κ3) is 5.43. The molecule has 0 saturated carbocycles. The number of hydrogen-bond donors (Lipinski definition) is 0. The van der Waals surface area contributed by atoms with Gasteiger partial charge in [0.1, 0.15) is 5.76 Å². The van der Waals surface area contributed by atoms with Gasteiger partial charge in [0, 0.05) is 0 Å². The van der Waals surface area contributed by atoms with Crippen molar-refractivity contribution in [2.24, 2.45) is 0 Å². The van der Waals surface area contributed by atoms with Crippen molar-refractivity contribution in [1.29, 1.82) is 0 Å². The molecule has 0 spiro atoms. The Morgan fingerprint density at radius 3 is 2.00 bits per heavy atom. The van der Waals surface area contributed by atoms with E-state index in [1.807, 2.05) is 6.92 Å². The normalized spacial score (nSPS) is 13.0. The molecule has 0 amide bonds. The third-order valence-electron chi connectivity index (χ3n) is 1.33. The first-order valence-corrected chi connectivity index (χ1v) is 6.40. The van der Waals surface area contributed by atoms with E-state index < -0.39 is 7.60 Å². The van der Waals surface area contributed by atoms with Crippen LogP contribution in [0.15, 0.2) is 11.6 Å². The summed E-state index contributed by atoms with van der Waals surface area (Å²) < 4.78 is 27.2. The van der Waals surface area contributed by atoms with Crippen LogP contribution in [0.5, 0.6) is 0 Å². The zero-order valence-electron chi connectivity index (χ0n) is 9.28. The van der Waals surface area contributed by atoms with Crippen LogP contribution in [0.4, 0.5) is 0 Å². The predicted molar refractivity (Wildman–Crippen MR) is 56.2 cm³/mol. The molecule has 0 heterocycles. The molecule has 0 bridgehead atoms. The van der Waals surface area contributed by atoms with Crippen LogP contribution in [0.3, 0.4) is 0 Å². The molecule has 0 aliphatic rings. The number of rotatable bonds is 7. The quantitative estimate of drug-likeness (QED) is 0.490. The van der Waals surface area contributed by atoms with E-state index in [1.54, 1.807) is 20.8 Å². The maximum absolute atomic E-state index is 11.9. The topological polar surface area (TPSA) is 44.8 Å². The summed E-state index contributed by atoms with van der Waals surface area (Å²) in [5, 5.41) is 0. The number of ether oxygens (including phenoxy) is 1. The van der Waals surface area contributed by atoms with E-state index in [1.165, 1.54) is 5.82 Å². The lowest BCUT2D eigenvalue weighted by atomic mass is 10.6. The number of hydrogen-bond acceptors (Lipinski definition) is 4. The lowest BCUT2D eigenvalue weighted by Gasteiger charge is -2.14.